The molecule has 4 rings (SSSR count). The highest BCUT2D eigenvalue weighted by atomic mass is 16.2. The lowest BCUT2D eigenvalue weighted by Gasteiger charge is -2.35. The highest BCUT2D eigenvalue weighted by Crippen LogP contribution is 2.45. The van der Waals surface area contributed by atoms with Gasteiger partial charge in [0.05, 0.1) is 11.8 Å². The van der Waals surface area contributed by atoms with E-state index in [0.717, 1.165) is 25.7 Å². The molecule has 104 valence electrons. The van der Waals surface area contributed by atoms with Gasteiger partial charge in [0.15, 0.2) is 0 Å². The van der Waals surface area contributed by atoms with Crippen LogP contribution >= 0.6 is 0 Å². The molecule has 4 aliphatic rings. The molecular weight excluding hydrogens is 240 g/mol. The van der Waals surface area contributed by atoms with Crippen molar-refractivity contribution in [1.29, 1.82) is 0 Å². The smallest absolute Gasteiger partial charge is 0.233 e. The van der Waals surface area contributed by atoms with Crippen LogP contribution in [0, 0.1) is 17.8 Å². The summed E-state index contributed by atoms with van der Waals surface area (Å²) in [5, 5.41) is 3.58. The van der Waals surface area contributed by atoms with Crippen molar-refractivity contribution in [3.63, 3.8) is 0 Å². The zero-order valence-corrected chi connectivity index (χ0v) is 11.5. The number of rotatable bonds is 1. The van der Waals surface area contributed by atoms with Gasteiger partial charge in [-0.15, -0.1) is 0 Å². The minimum atomic E-state index is 0.00930. The average Bonchev–Trinajstić information content (AvgIpc) is 2.98. The monoisotopic (exact) mass is 262 g/mol. The lowest BCUT2D eigenvalue weighted by Crippen LogP contribution is -2.50. The van der Waals surface area contributed by atoms with E-state index in [1.54, 1.807) is 4.90 Å². The molecule has 4 unspecified atom stereocenters. The normalized spacial score (nSPS) is 49.0. The van der Waals surface area contributed by atoms with Gasteiger partial charge < -0.3 is 5.32 Å². The Bertz CT molecular complexity index is 400. The molecule has 2 amide bonds. The Hall–Kier alpha value is -0.900. The van der Waals surface area contributed by atoms with Gasteiger partial charge in [-0.2, -0.15) is 0 Å². The summed E-state index contributed by atoms with van der Waals surface area (Å²) in [5.41, 5.74) is 0. The van der Waals surface area contributed by atoms with Gasteiger partial charge in [0.25, 0.3) is 0 Å². The van der Waals surface area contributed by atoms with Crippen molar-refractivity contribution in [1.82, 2.24) is 10.2 Å². The Morgan fingerprint density at radius 1 is 0.947 bits per heavy atom. The summed E-state index contributed by atoms with van der Waals surface area (Å²) in [6.07, 6.45) is 6.21. The standard InChI is InChI=1S/C15H22N2O2/c1-8-4-12-13(5-8)15(19)17(14(12)18)11-6-9-2-3-10(7-11)16-9/h8-13,16H,2-7H2,1H3. The molecule has 4 nitrogen and oxygen atoms in total. The summed E-state index contributed by atoms with van der Waals surface area (Å²) < 4.78 is 0. The molecule has 0 radical (unpaired) electrons. The Kier molecular flexibility index (Phi) is 2.53. The molecule has 0 spiro atoms. The Balaban J connectivity index is 1.56. The number of hydrogen-bond acceptors (Lipinski definition) is 3. The van der Waals surface area contributed by atoms with Crippen molar-refractivity contribution in [2.24, 2.45) is 17.8 Å². The Morgan fingerprint density at radius 2 is 1.47 bits per heavy atom. The van der Waals surface area contributed by atoms with Crippen LogP contribution in [0.2, 0.25) is 0 Å². The summed E-state index contributed by atoms with van der Waals surface area (Å²) in [7, 11) is 0. The van der Waals surface area contributed by atoms with Crippen molar-refractivity contribution in [2.45, 2.75) is 63.6 Å². The predicted octanol–water partition coefficient (Wildman–Crippen LogP) is 1.30. The molecule has 0 aromatic heterocycles. The largest absolute Gasteiger partial charge is 0.311 e. The number of hydrogen-bond donors (Lipinski definition) is 1. The minimum Gasteiger partial charge on any atom is -0.311 e. The van der Waals surface area contributed by atoms with Crippen LogP contribution in [0.15, 0.2) is 0 Å². The maximum Gasteiger partial charge on any atom is 0.233 e. The average molecular weight is 262 g/mol. The minimum absolute atomic E-state index is 0.00930. The predicted molar refractivity (Wildman–Crippen MR) is 70.2 cm³/mol. The van der Waals surface area contributed by atoms with Crippen molar-refractivity contribution in [3.8, 4) is 0 Å². The van der Waals surface area contributed by atoms with Crippen LogP contribution in [-0.4, -0.2) is 34.8 Å². The van der Waals surface area contributed by atoms with E-state index < -0.39 is 0 Å². The van der Waals surface area contributed by atoms with Crippen molar-refractivity contribution >= 4 is 11.8 Å². The molecule has 3 saturated heterocycles. The van der Waals surface area contributed by atoms with Crippen LogP contribution in [0.1, 0.15) is 45.4 Å². The van der Waals surface area contributed by atoms with E-state index >= 15 is 0 Å². The summed E-state index contributed by atoms with van der Waals surface area (Å²) >= 11 is 0. The fourth-order valence-electron chi connectivity index (χ4n) is 4.90. The van der Waals surface area contributed by atoms with Crippen molar-refractivity contribution in [2.75, 3.05) is 0 Å². The summed E-state index contributed by atoms with van der Waals surface area (Å²) in [5.74, 6) is 0.843. The molecule has 1 N–H and O–H groups in total. The molecule has 3 aliphatic heterocycles. The van der Waals surface area contributed by atoms with Gasteiger partial charge in [0.2, 0.25) is 11.8 Å². The first kappa shape index (κ1) is 11.9. The van der Waals surface area contributed by atoms with E-state index in [4.69, 9.17) is 0 Å². The van der Waals surface area contributed by atoms with Crippen LogP contribution < -0.4 is 5.32 Å². The number of carbonyl (C=O) groups excluding carboxylic acids is 2. The maximum atomic E-state index is 12.6. The van der Waals surface area contributed by atoms with Gasteiger partial charge in [0.1, 0.15) is 0 Å². The van der Waals surface area contributed by atoms with Crippen LogP contribution in [0.25, 0.3) is 0 Å². The van der Waals surface area contributed by atoms with Crippen LogP contribution in [0.3, 0.4) is 0 Å². The molecule has 1 aliphatic carbocycles. The molecular formula is C15H22N2O2. The Labute approximate surface area is 113 Å². The second-order valence-corrected chi connectivity index (χ2v) is 7.10. The lowest BCUT2D eigenvalue weighted by atomic mass is 9.97. The molecule has 19 heavy (non-hydrogen) atoms. The molecule has 1 saturated carbocycles. The number of likely N-dealkylation sites (tertiary alicyclic amines) is 1. The topological polar surface area (TPSA) is 49.4 Å². The number of piperidine rings is 1. The zero-order chi connectivity index (χ0) is 13.1. The first-order valence-electron chi connectivity index (χ1n) is 7.76. The van der Waals surface area contributed by atoms with Gasteiger partial charge in [0, 0.05) is 18.1 Å². The van der Waals surface area contributed by atoms with E-state index in [1.807, 2.05) is 0 Å². The highest BCUT2D eigenvalue weighted by molar-refractivity contribution is 6.05. The molecule has 4 fully saturated rings. The Morgan fingerprint density at radius 3 is 2.00 bits per heavy atom. The molecule has 2 bridgehead atoms. The molecule has 3 heterocycles. The molecule has 0 aromatic carbocycles. The number of amides is 2. The van der Waals surface area contributed by atoms with Gasteiger partial charge in [-0.05, 0) is 44.4 Å². The maximum absolute atomic E-state index is 12.6. The third-order valence-corrected chi connectivity index (χ3v) is 5.72. The summed E-state index contributed by atoms with van der Waals surface area (Å²) in [6, 6.07) is 1.24. The van der Waals surface area contributed by atoms with Crippen molar-refractivity contribution in [3.05, 3.63) is 0 Å². The molecule has 0 aromatic rings. The second-order valence-electron chi connectivity index (χ2n) is 7.10. The fourth-order valence-corrected chi connectivity index (χ4v) is 4.90. The van der Waals surface area contributed by atoms with Gasteiger partial charge in [-0.3, -0.25) is 14.5 Å². The van der Waals surface area contributed by atoms with E-state index in [-0.39, 0.29) is 29.7 Å². The quantitative estimate of drug-likeness (QED) is 0.725. The fraction of sp³-hybridized carbons (Fsp3) is 0.867. The highest BCUT2D eigenvalue weighted by Gasteiger charge is 2.54. The van der Waals surface area contributed by atoms with E-state index in [9.17, 15) is 9.59 Å². The number of fused-ring (bicyclic) bond motifs is 3. The number of imide groups is 1. The van der Waals surface area contributed by atoms with Crippen molar-refractivity contribution < 1.29 is 9.59 Å². The third kappa shape index (κ3) is 1.69. The SMILES string of the molecule is CC1CC2C(=O)N(C3CC4CCC(C3)N4)C(=O)C2C1. The van der Waals surface area contributed by atoms with Crippen LogP contribution in [0.5, 0.6) is 0 Å². The van der Waals surface area contributed by atoms with Gasteiger partial charge in [-0.1, -0.05) is 6.92 Å². The van der Waals surface area contributed by atoms with E-state index in [0.29, 0.717) is 18.0 Å². The van der Waals surface area contributed by atoms with E-state index in [2.05, 4.69) is 12.2 Å². The molecule has 4 atom stereocenters. The van der Waals surface area contributed by atoms with E-state index in [1.165, 1.54) is 12.8 Å². The number of nitrogens with one attached hydrogen (secondary N) is 1. The second kappa shape index (κ2) is 4.05. The zero-order valence-electron chi connectivity index (χ0n) is 11.5. The third-order valence-electron chi connectivity index (χ3n) is 5.72. The van der Waals surface area contributed by atoms with Gasteiger partial charge >= 0.3 is 0 Å². The lowest BCUT2D eigenvalue weighted by molar-refractivity contribution is -0.144. The molecule has 4 heteroatoms. The van der Waals surface area contributed by atoms with Crippen LogP contribution in [0.4, 0.5) is 0 Å². The number of nitrogens with zero attached hydrogens (tertiary/aromatic N) is 1. The van der Waals surface area contributed by atoms with Gasteiger partial charge in [-0.25, -0.2) is 0 Å². The summed E-state index contributed by atoms with van der Waals surface area (Å²) in [4.78, 5) is 26.8. The summed E-state index contributed by atoms with van der Waals surface area (Å²) in [6.45, 7) is 2.16. The number of carbonyl (C=O) groups is 2. The first-order valence-corrected chi connectivity index (χ1v) is 7.76. The first-order chi connectivity index (χ1) is 9.13. The van der Waals surface area contributed by atoms with Crippen LogP contribution in [-0.2, 0) is 9.59 Å².